The summed E-state index contributed by atoms with van der Waals surface area (Å²) in [5, 5.41) is 0. The fraction of sp³-hybridized carbons (Fsp3) is 0.632. The highest BCUT2D eigenvalue weighted by Gasteiger charge is 2.39. The quantitative estimate of drug-likeness (QED) is 0.824. The maximum atomic E-state index is 13.3. The third-order valence-electron chi connectivity index (χ3n) is 5.99. The fourth-order valence-corrected chi connectivity index (χ4v) is 4.52. The molecule has 1 saturated carbocycles. The van der Waals surface area contributed by atoms with E-state index in [9.17, 15) is 13.6 Å². The second-order valence-electron chi connectivity index (χ2n) is 7.44. The Balaban J connectivity index is 1.34. The normalized spacial score (nSPS) is 25.9. The van der Waals surface area contributed by atoms with Gasteiger partial charge in [-0.3, -0.25) is 4.79 Å². The van der Waals surface area contributed by atoms with Gasteiger partial charge in [-0.25, -0.2) is 8.78 Å². The number of piperidine rings is 1. The zero-order valence-electron chi connectivity index (χ0n) is 13.9. The second kappa shape index (κ2) is 6.10. The summed E-state index contributed by atoms with van der Waals surface area (Å²) in [7, 11) is 0. The van der Waals surface area contributed by atoms with Crippen molar-refractivity contribution in [3.63, 3.8) is 0 Å². The number of halogens is 2. The standard InChI is InChI=1S/C19H24F2N2O/c20-19(21)9-5-15(6-10-19)22-11-7-16(8-12-22)23-13-14-3-1-2-4-17(14)18(23)24/h1-4,15-16H,5-13H2. The van der Waals surface area contributed by atoms with Gasteiger partial charge in [-0.2, -0.15) is 0 Å². The molecule has 2 fully saturated rings. The van der Waals surface area contributed by atoms with Crippen molar-refractivity contribution in [3.05, 3.63) is 35.4 Å². The largest absolute Gasteiger partial charge is 0.331 e. The Morgan fingerprint density at radius 2 is 1.62 bits per heavy atom. The lowest BCUT2D eigenvalue weighted by Gasteiger charge is -2.42. The Bertz CT molecular complexity index is 616. The summed E-state index contributed by atoms with van der Waals surface area (Å²) in [6, 6.07) is 8.43. The topological polar surface area (TPSA) is 23.6 Å². The van der Waals surface area contributed by atoms with Crippen LogP contribution in [0.3, 0.4) is 0 Å². The first-order chi connectivity index (χ1) is 11.5. The van der Waals surface area contributed by atoms with E-state index in [1.807, 2.05) is 29.2 Å². The minimum absolute atomic E-state index is 0.0253. The molecule has 2 aliphatic heterocycles. The number of nitrogens with zero attached hydrogens (tertiary/aromatic N) is 2. The van der Waals surface area contributed by atoms with E-state index in [4.69, 9.17) is 0 Å². The third kappa shape index (κ3) is 2.94. The van der Waals surface area contributed by atoms with Gasteiger partial charge in [0.25, 0.3) is 5.91 Å². The molecule has 3 nitrogen and oxygen atoms in total. The summed E-state index contributed by atoms with van der Waals surface area (Å²) in [4.78, 5) is 17.0. The zero-order valence-corrected chi connectivity index (χ0v) is 13.9. The number of rotatable bonds is 2. The number of carbonyl (C=O) groups is 1. The molecule has 0 bridgehead atoms. The van der Waals surface area contributed by atoms with Crippen molar-refractivity contribution in [1.82, 2.24) is 9.80 Å². The van der Waals surface area contributed by atoms with Gasteiger partial charge in [-0.1, -0.05) is 18.2 Å². The fourth-order valence-electron chi connectivity index (χ4n) is 4.52. The molecule has 24 heavy (non-hydrogen) atoms. The number of hydrogen-bond donors (Lipinski definition) is 0. The first kappa shape index (κ1) is 16.0. The molecule has 0 spiro atoms. The van der Waals surface area contributed by atoms with Gasteiger partial charge in [-0.05, 0) is 37.3 Å². The van der Waals surface area contributed by atoms with E-state index in [2.05, 4.69) is 4.90 Å². The van der Waals surface area contributed by atoms with Crippen LogP contribution in [0.4, 0.5) is 8.78 Å². The summed E-state index contributed by atoms with van der Waals surface area (Å²) in [6.45, 7) is 2.55. The van der Waals surface area contributed by atoms with Crippen LogP contribution < -0.4 is 0 Å². The van der Waals surface area contributed by atoms with Crippen molar-refractivity contribution in [3.8, 4) is 0 Å². The van der Waals surface area contributed by atoms with Crippen molar-refractivity contribution in [1.29, 1.82) is 0 Å². The summed E-state index contributed by atoms with van der Waals surface area (Å²) >= 11 is 0. The molecule has 0 radical (unpaired) electrons. The molecule has 1 amide bonds. The van der Waals surface area contributed by atoms with Crippen molar-refractivity contribution < 1.29 is 13.6 Å². The van der Waals surface area contributed by atoms with Crippen LogP contribution in [-0.2, 0) is 6.54 Å². The predicted molar refractivity (Wildman–Crippen MR) is 88.1 cm³/mol. The molecule has 2 heterocycles. The Hall–Kier alpha value is -1.49. The van der Waals surface area contributed by atoms with Gasteiger partial charge in [0.15, 0.2) is 0 Å². The van der Waals surface area contributed by atoms with Crippen LogP contribution in [0.2, 0.25) is 0 Å². The van der Waals surface area contributed by atoms with Gasteiger partial charge in [0.1, 0.15) is 0 Å². The third-order valence-corrected chi connectivity index (χ3v) is 5.99. The average molecular weight is 334 g/mol. The van der Waals surface area contributed by atoms with Gasteiger partial charge in [0.05, 0.1) is 0 Å². The van der Waals surface area contributed by atoms with Crippen LogP contribution in [0.25, 0.3) is 0 Å². The molecule has 1 aromatic carbocycles. The van der Waals surface area contributed by atoms with Crippen LogP contribution in [0.1, 0.15) is 54.4 Å². The Morgan fingerprint density at radius 3 is 2.29 bits per heavy atom. The van der Waals surface area contributed by atoms with E-state index < -0.39 is 5.92 Å². The SMILES string of the molecule is O=C1c2ccccc2CN1C1CCN(C2CCC(F)(F)CC2)CC1. The average Bonchev–Trinajstić information content (AvgIpc) is 2.92. The lowest BCUT2D eigenvalue weighted by molar-refractivity contribution is -0.0574. The lowest BCUT2D eigenvalue weighted by Crippen LogP contribution is -2.49. The second-order valence-corrected chi connectivity index (χ2v) is 7.44. The van der Waals surface area contributed by atoms with E-state index in [1.165, 1.54) is 0 Å². The lowest BCUT2D eigenvalue weighted by atomic mass is 9.89. The van der Waals surface area contributed by atoms with Crippen LogP contribution >= 0.6 is 0 Å². The molecule has 3 aliphatic rings. The Morgan fingerprint density at radius 1 is 0.958 bits per heavy atom. The molecule has 1 saturated heterocycles. The van der Waals surface area contributed by atoms with Crippen LogP contribution in [-0.4, -0.2) is 46.8 Å². The number of amides is 1. The number of likely N-dealkylation sites (tertiary alicyclic amines) is 1. The molecule has 130 valence electrons. The molecule has 0 aromatic heterocycles. The Labute approximate surface area is 141 Å². The van der Waals surface area contributed by atoms with E-state index in [0.29, 0.717) is 18.9 Å². The van der Waals surface area contributed by atoms with Crippen LogP contribution in [0.5, 0.6) is 0 Å². The van der Waals surface area contributed by atoms with Gasteiger partial charge in [-0.15, -0.1) is 0 Å². The number of hydrogen-bond acceptors (Lipinski definition) is 2. The molecule has 0 unspecified atom stereocenters. The summed E-state index contributed by atoms with van der Waals surface area (Å²) in [6.07, 6.45) is 3.16. The van der Waals surface area contributed by atoms with Gasteiger partial charge < -0.3 is 9.80 Å². The maximum absolute atomic E-state index is 13.3. The number of alkyl halides is 2. The molecule has 4 rings (SSSR count). The molecular formula is C19H24F2N2O. The zero-order chi connectivity index (χ0) is 16.7. The molecule has 1 aliphatic carbocycles. The van der Waals surface area contributed by atoms with E-state index in [0.717, 1.165) is 43.6 Å². The van der Waals surface area contributed by atoms with Crippen molar-refractivity contribution in [2.45, 2.75) is 63.1 Å². The van der Waals surface area contributed by atoms with Gasteiger partial charge >= 0.3 is 0 Å². The summed E-state index contributed by atoms with van der Waals surface area (Å²) in [5.74, 6) is -2.30. The highest BCUT2D eigenvalue weighted by atomic mass is 19.3. The summed E-state index contributed by atoms with van der Waals surface area (Å²) < 4.78 is 26.6. The Kier molecular flexibility index (Phi) is 4.07. The molecular weight excluding hydrogens is 310 g/mol. The smallest absolute Gasteiger partial charge is 0.254 e. The highest BCUT2D eigenvalue weighted by molar-refractivity contribution is 5.98. The van der Waals surface area contributed by atoms with Crippen molar-refractivity contribution in [2.24, 2.45) is 0 Å². The molecule has 0 N–H and O–H groups in total. The predicted octanol–water partition coefficient (Wildman–Crippen LogP) is 3.68. The van der Waals surface area contributed by atoms with E-state index >= 15 is 0 Å². The molecule has 5 heteroatoms. The van der Waals surface area contributed by atoms with Crippen LogP contribution in [0.15, 0.2) is 24.3 Å². The first-order valence-corrected chi connectivity index (χ1v) is 9.04. The van der Waals surface area contributed by atoms with Gasteiger partial charge in [0, 0.05) is 50.1 Å². The van der Waals surface area contributed by atoms with Crippen molar-refractivity contribution in [2.75, 3.05) is 13.1 Å². The monoisotopic (exact) mass is 334 g/mol. The van der Waals surface area contributed by atoms with E-state index in [1.54, 1.807) is 0 Å². The van der Waals surface area contributed by atoms with E-state index in [-0.39, 0.29) is 24.8 Å². The molecule has 0 atom stereocenters. The maximum Gasteiger partial charge on any atom is 0.254 e. The van der Waals surface area contributed by atoms with Crippen LogP contribution in [0, 0.1) is 0 Å². The highest BCUT2D eigenvalue weighted by Crippen LogP contribution is 2.36. The van der Waals surface area contributed by atoms with Crippen molar-refractivity contribution >= 4 is 5.91 Å². The number of fused-ring (bicyclic) bond motifs is 1. The number of carbonyl (C=O) groups excluding carboxylic acids is 1. The minimum atomic E-state index is -2.46. The molecule has 1 aromatic rings. The minimum Gasteiger partial charge on any atom is -0.331 e. The first-order valence-electron chi connectivity index (χ1n) is 9.04. The van der Waals surface area contributed by atoms with Gasteiger partial charge in [0.2, 0.25) is 5.92 Å². The number of benzene rings is 1. The summed E-state index contributed by atoms with van der Waals surface area (Å²) in [5.41, 5.74) is 1.97.